The van der Waals surface area contributed by atoms with Crippen LogP contribution in [0.15, 0.2) is 18.2 Å². The second kappa shape index (κ2) is 7.39. The average molecular weight is 283 g/mol. The number of unbranched alkanes of at least 4 members (excludes halogenated alkanes) is 1. The van der Waals surface area contributed by atoms with Gasteiger partial charge < -0.3 is 10.6 Å². The number of halogens is 1. The highest BCUT2D eigenvalue weighted by molar-refractivity contribution is 6.34. The van der Waals surface area contributed by atoms with Crippen molar-refractivity contribution in [3.63, 3.8) is 0 Å². The maximum Gasteiger partial charge on any atom is 0.255 e. The van der Waals surface area contributed by atoms with Crippen LogP contribution >= 0.6 is 11.6 Å². The quantitative estimate of drug-likeness (QED) is 0.803. The molecular formula is C15H23ClN2O. The minimum atomic E-state index is -0.0277. The van der Waals surface area contributed by atoms with Gasteiger partial charge in [-0.1, -0.05) is 31.9 Å². The number of amides is 1. The van der Waals surface area contributed by atoms with Gasteiger partial charge in [0.25, 0.3) is 5.91 Å². The minimum absolute atomic E-state index is 0.0277. The lowest BCUT2D eigenvalue weighted by molar-refractivity contribution is 0.0685. The van der Waals surface area contributed by atoms with E-state index in [-0.39, 0.29) is 11.9 Å². The summed E-state index contributed by atoms with van der Waals surface area (Å²) in [5.41, 5.74) is 6.81. The summed E-state index contributed by atoms with van der Waals surface area (Å²) in [7, 11) is 0. The Morgan fingerprint density at radius 3 is 2.68 bits per heavy atom. The van der Waals surface area contributed by atoms with Gasteiger partial charge in [0, 0.05) is 18.3 Å². The monoisotopic (exact) mass is 282 g/mol. The molecule has 0 aliphatic heterocycles. The number of anilines is 1. The van der Waals surface area contributed by atoms with Crippen molar-refractivity contribution in [2.24, 2.45) is 0 Å². The van der Waals surface area contributed by atoms with Crippen LogP contribution in [0.25, 0.3) is 0 Å². The van der Waals surface area contributed by atoms with Crippen LogP contribution in [0.1, 0.15) is 50.4 Å². The molecule has 0 spiro atoms. The largest absolute Gasteiger partial charge is 0.399 e. The lowest BCUT2D eigenvalue weighted by atomic mass is 10.1. The number of hydrogen-bond acceptors (Lipinski definition) is 2. The molecule has 0 bridgehead atoms. The molecule has 1 unspecified atom stereocenters. The fourth-order valence-corrected chi connectivity index (χ4v) is 2.13. The number of carbonyl (C=O) groups excluding carboxylic acids is 1. The van der Waals surface area contributed by atoms with E-state index < -0.39 is 0 Å². The first-order valence-electron chi connectivity index (χ1n) is 6.87. The summed E-state index contributed by atoms with van der Waals surface area (Å²) < 4.78 is 0. The van der Waals surface area contributed by atoms with Crippen LogP contribution in [-0.2, 0) is 0 Å². The molecule has 0 aromatic heterocycles. The summed E-state index contributed by atoms with van der Waals surface area (Å²) in [6, 6.07) is 5.25. The third kappa shape index (κ3) is 4.13. The Hall–Kier alpha value is -1.22. The van der Waals surface area contributed by atoms with E-state index in [1.54, 1.807) is 18.2 Å². The van der Waals surface area contributed by atoms with E-state index >= 15 is 0 Å². The molecule has 3 nitrogen and oxygen atoms in total. The third-order valence-corrected chi connectivity index (χ3v) is 3.69. The Morgan fingerprint density at radius 1 is 1.42 bits per heavy atom. The molecule has 106 valence electrons. The molecule has 1 aromatic rings. The van der Waals surface area contributed by atoms with E-state index in [9.17, 15) is 4.79 Å². The summed E-state index contributed by atoms with van der Waals surface area (Å²) >= 11 is 6.11. The molecule has 1 rings (SSSR count). The van der Waals surface area contributed by atoms with Crippen LogP contribution in [0.3, 0.4) is 0 Å². The zero-order valence-electron chi connectivity index (χ0n) is 11.9. The fourth-order valence-electron chi connectivity index (χ4n) is 1.93. The summed E-state index contributed by atoms with van der Waals surface area (Å²) in [5.74, 6) is -0.0277. The Kier molecular flexibility index (Phi) is 6.16. The SMILES string of the molecule is CCCCN(C(=O)c1cc(N)ccc1Cl)C(C)CC. The van der Waals surface area contributed by atoms with Crippen LogP contribution in [0, 0.1) is 0 Å². The lowest BCUT2D eigenvalue weighted by Gasteiger charge is -2.29. The maximum atomic E-state index is 12.6. The molecule has 2 N–H and O–H groups in total. The van der Waals surface area contributed by atoms with Gasteiger partial charge in [0.1, 0.15) is 0 Å². The van der Waals surface area contributed by atoms with Crippen molar-refractivity contribution in [2.75, 3.05) is 12.3 Å². The Balaban J connectivity index is 3.00. The summed E-state index contributed by atoms with van der Waals surface area (Å²) in [6.07, 6.45) is 2.98. The van der Waals surface area contributed by atoms with Crippen molar-refractivity contribution in [3.05, 3.63) is 28.8 Å². The zero-order valence-corrected chi connectivity index (χ0v) is 12.7. The first-order chi connectivity index (χ1) is 9.01. The number of benzene rings is 1. The summed E-state index contributed by atoms with van der Waals surface area (Å²) in [5, 5.41) is 0.462. The topological polar surface area (TPSA) is 46.3 Å². The number of carbonyl (C=O) groups is 1. The van der Waals surface area contributed by atoms with Gasteiger partial charge >= 0.3 is 0 Å². The van der Waals surface area contributed by atoms with Gasteiger partial charge in [0.2, 0.25) is 0 Å². The highest BCUT2D eigenvalue weighted by Crippen LogP contribution is 2.22. The van der Waals surface area contributed by atoms with Gasteiger partial charge in [0.05, 0.1) is 10.6 Å². The molecule has 0 aliphatic rings. The molecule has 0 heterocycles. The molecule has 0 saturated heterocycles. The van der Waals surface area contributed by atoms with Crippen molar-refractivity contribution in [1.29, 1.82) is 0 Å². The standard InChI is InChI=1S/C15H23ClN2O/c1-4-6-9-18(11(3)5-2)15(19)13-10-12(17)7-8-14(13)16/h7-8,10-11H,4-6,9,17H2,1-3H3. The predicted octanol–water partition coefficient (Wildman–Crippen LogP) is 3.96. The van der Waals surface area contributed by atoms with Gasteiger partial charge in [0.15, 0.2) is 0 Å². The first kappa shape index (κ1) is 15.8. The second-order valence-electron chi connectivity index (χ2n) is 4.85. The van der Waals surface area contributed by atoms with Gasteiger partial charge in [-0.2, -0.15) is 0 Å². The number of hydrogen-bond donors (Lipinski definition) is 1. The van der Waals surface area contributed by atoms with Gasteiger partial charge in [-0.25, -0.2) is 0 Å². The van der Waals surface area contributed by atoms with Crippen LogP contribution in [0.5, 0.6) is 0 Å². The molecule has 1 aromatic carbocycles. The Labute approximate surface area is 120 Å². The molecule has 0 fully saturated rings. The van der Waals surface area contributed by atoms with Crippen LogP contribution in [0.4, 0.5) is 5.69 Å². The van der Waals surface area contributed by atoms with E-state index in [1.165, 1.54) is 0 Å². The average Bonchev–Trinajstić information content (AvgIpc) is 2.41. The van der Waals surface area contributed by atoms with E-state index in [4.69, 9.17) is 17.3 Å². The number of nitrogens with two attached hydrogens (primary N) is 1. The van der Waals surface area contributed by atoms with Gasteiger partial charge in [-0.15, -0.1) is 0 Å². The molecule has 0 aliphatic carbocycles. The molecule has 4 heteroatoms. The first-order valence-corrected chi connectivity index (χ1v) is 7.25. The molecule has 0 radical (unpaired) electrons. The fraction of sp³-hybridized carbons (Fsp3) is 0.533. The number of nitrogen functional groups attached to an aromatic ring is 1. The molecule has 1 amide bonds. The van der Waals surface area contributed by atoms with E-state index in [1.807, 2.05) is 4.90 Å². The normalized spacial score (nSPS) is 12.2. The van der Waals surface area contributed by atoms with Crippen molar-refractivity contribution >= 4 is 23.2 Å². The molecule has 0 saturated carbocycles. The van der Waals surface area contributed by atoms with Gasteiger partial charge in [-0.3, -0.25) is 4.79 Å². The minimum Gasteiger partial charge on any atom is -0.399 e. The van der Waals surface area contributed by atoms with Crippen molar-refractivity contribution in [3.8, 4) is 0 Å². The highest BCUT2D eigenvalue weighted by atomic mass is 35.5. The van der Waals surface area contributed by atoms with E-state index in [2.05, 4.69) is 20.8 Å². The number of nitrogens with zero attached hydrogens (tertiary/aromatic N) is 1. The van der Waals surface area contributed by atoms with E-state index in [0.29, 0.717) is 16.3 Å². The molecular weight excluding hydrogens is 260 g/mol. The van der Waals surface area contributed by atoms with Gasteiger partial charge in [-0.05, 0) is 38.0 Å². The van der Waals surface area contributed by atoms with Crippen LogP contribution in [0.2, 0.25) is 5.02 Å². The second-order valence-corrected chi connectivity index (χ2v) is 5.26. The third-order valence-electron chi connectivity index (χ3n) is 3.36. The van der Waals surface area contributed by atoms with E-state index in [0.717, 1.165) is 25.8 Å². The Morgan fingerprint density at radius 2 is 2.11 bits per heavy atom. The Bertz CT molecular complexity index is 434. The zero-order chi connectivity index (χ0) is 14.4. The maximum absolute atomic E-state index is 12.6. The lowest BCUT2D eigenvalue weighted by Crippen LogP contribution is -2.39. The summed E-state index contributed by atoms with van der Waals surface area (Å²) in [4.78, 5) is 14.5. The predicted molar refractivity (Wildman–Crippen MR) is 81.6 cm³/mol. The summed E-state index contributed by atoms with van der Waals surface area (Å²) in [6.45, 7) is 7.02. The van der Waals surface area contributed by atoms with Crippen LogP contribution in [-0.4, -0.2) is 23.4 Å². The van der Waals surface area contributed by atoms with Crippen molar-refractivity contribution in [2.45, 2.75) is 46.1 Å². The van der Waals surface area contributed by atoms with Crippen molar-refractivity contribution < 1.29 is 4.79 Å². The smallest absolute Gasteiger partial charge is 0.255 e. The molecule has 1 atom stereocenters. The van der Waals surface area contributed by atoms with Crippen molar-refractivity contribution in [1.82, 2.24) is 4.90 Å². The number of rotatable bonds is 6. The van der Waals surface area contributed by atoms with Crippen LogP contribution < -0.4 is 5.73 Å². The molecule has 19 heavy (non-hydrogen) atoms. The highest BCUT2D eigenvalue weighted by Gasteiger charge is 2.22.